The van der Waals surface area contributed by atoms with Gasteiger partial charge in [0.1, 0.15) is 0 Å². The van der Waals surface area contributed by atoms with Crippen LogP contribution in [-0.4, -0.2) is 13.1 Å². The lowest BCUT2D eigenvalue weighted by Gasteiger charge is -2.21. The van der Waals surface area contributed by atoms with Crippen molar-refractivity contribution in [1.82, 2.24) is 5.32 Å². The number of piperidine rings is 1. The van der Waals surface area contributed by atoms with Gasteiger partial charge in [0, 0.05) is 9.35 Å². The second-order valence-electron chi connectivity index (χ2n) is 3.16. The first-order valence-corrected chi connectivity index (χ1v) is 5.99. The van der Waals surface area contributed by atoms with Crippen LogP contribution in [0.4, 0.5) is 0 Å². The highest BCUT2D eigenvalue weighted by molar-refractivity contribution is 9.10. The van der Waals surface area contributed by atoms with Gasteiger partial charge in [-0.25, -0.2) is 0 Å². The minimum absolute atomic E-state index is 0.792. The molecule has 1 N–H and O–H groups in total. The van der Waals surface area contributed by atoms with E-state index in [1.165, 1.54) is 35.3 Å². The van der Waals surface area contributed by atoms with Crippen molar-refractivity contribution in [3.8, 4) is 0 Å². The van der Waals surface area contributed by atoms with Crippen LogP contribution in [0.5, 0.6) is 0 Å². The predicted molar refractivity (Wildman–Crippen MR) is 56.9 cm³/mol. The number of thiophene rings is 1. The Morgan fingerprint density at radius 2 is 2.17 bits per heavy atom. The summed E-state index contributed by atoms with van der Waals surface area (Å²) in [6.45, 7) is 2.35. The average Bonchev–Trinajstić information content (AvgIpc) is 2.53. The molecule has 2 heterocycles. The maximum Gasteiger partial charge on any atom is 0.0317 e. The zero-order valence-corrected chi connectivity index (χ0v) is 9.25. The molecule has 1 aliphatic rings. The summed E-state index contributed by atoms with van der Waals surface area (Å²) in [6, 6.07) is 2.15. The van der Waals surface area contributed by atoms with E-state index < -0.39 is 0 Å². The second-order valence-corrected chi connectivity index (χ2v) is 4.96. The molecule has 3 heteroatoms. The Bertz CT molecular complexity index is 253. The largest absolute Gasteiger partial charge is 0.317 e. The molecule has 1 aromatic heterocycles. The zero-order valence-electron chi connectivity index (χ0n) is 6.85. The van der Waals surface area contributed by atoms with Gasteiger partial charge in [0.2, 0.25) is 0 Å². The fourth-order valence-electron chi connectivity index (χ4n) is 1.68. The minimum atomic E-state index is 0.792. The molecule has 0 aromatic carbocycles. The van der Waals surface area contributed by atoms with E-state index in [0.717, 1.165) is 5.92 Å². The van der Waals surface area contributed by atoms with Crippen LogP contribution in [0.1, 0.15) is 23.6 Å². The fourth-order valence-corrected chi connectivity index (χ4v) is 3.55. The van der Waals surface area contributed by atoms with Crippen LogP contribution in [0.25, 0.3) is 0 Å². The fraction of sp³-hybridized carbons (Fsp3) is 0.556. The molecule has 0 atom stereocenters. The van der Waals surface area contributed by atoms with Crippen molar-refractivity contribution in [2.45, 2.75) is 18.8 Å². The molecule has 0 amide bonds. The summed E-state index contributed by atoms with van der Waals surface area (Å²) in [6.07, 6.45) is 2.58. The molecule has 0 aliphatic carbocycles. The summed E-state index contributed by atoms with van der Waals surface area (Å²) < 4.78 is 1.31. The third kappa shape index (κ3) is 1.73. The third-order valence-corrected chi connectivity index (χ3v) is 4.39. The van der Waals surface area contributed by atoms with Gasteiger partial charge >= 0.3 is 0 Å². The van der Waals surface area contributed by atoms with Crippen molar-refractivity contribution in [2.75, 3.05) is 13.1 Å². The highest BCUT2D eigenvalue weighted by atomic mass is 79.9. The zero-order chi connectivity index (χ0) is 8.39. The normalized spacial score (nSPS) is 19.8. The smallest absolute Gasteiger partial charge is 0.0317 e. The van der Waals surface area contributed by atoms with Gasteiger partial charge in [-0.15, -0.1) is 11.3 Å². The first-order valence-electron chi connectivity index (χ1n) is 4.31. The van der Waals surface area contributed by atoms with E-state index in [4.69, 9.17) is 0 Å². The van der Waals surface area contributed by atoms with Gasteiger partial charge in [0.15, 0.2) is 0 Å². The van der Waals surface area contributed by atoms with Crippen LogP contribution in [0.15, 0.2) is 15.9 Å². The van der Waals surface area contributed by atoms with Crippen molar-refractivity contribution in [2.24, 2.45) is 0 Å². The van der Waals surface area contributed by atoms with Gasteiger partial charge in [0.05, 0.1) is 0 Å². The van der Waals surface area contributed by atoms with Gasteiger partial charge in [-0.1, -0.05) is 0 Å². The average molecular weight is 246 g/mol. The monoisotopic (exact) mass is 245 g/mol. The topological polar surface area (TPSA) is 12.0 Å². The first kappa shape index (κ1) is 8.73. The first-order chi connectivity index (χ1) is 5.88. The number of rotatable bonds is 1. The molecule has 0 unspecified atom stereocenters. The maximum absolute atomic E-state index is 3.59. The van der Waals surface area contributed by atoms with Crippen molar-refractivity contribution in [1.29, 1.82) is 0 Å². The molecule has 0 bridgehead atoms. The molecular formula is C9H12BrNS. The molecule has 1 aliphatic heterocycles. The molecule has 0 radical (unpaired) electrons. The van der Waals surface area contributed by atoms with Crippen LogP contribution < -0.4 is 5.32 Å². The van der Waals surface area contributed by atoms with Crippen molar-refractivity contribution < 1.29 is 0 Å². The van der Waals surface area contributed by atoms with E-state index in [1.807, 2.05) is 11.3 Å². The summed E-state index contributed by atoms with van der Waals surface area (Å²) in [5.41, 5.74) is 0. The van der Waals surface area contributed by atoms with E-state index in [2.05, 4.69) is 32.7 Å². The third-order valence-electron chi connectivity index (χ3n) is 2.35. The van der Waals surface area contributed by atoms with Crippen molar-refractivity contribution in [3.63, 3.8) is 0 Å². The molecule has 0 spiro atoms. The molecule has 1 aromatic rings. The molecule has 1 nitrogen and oxygen atoms in total. The van der Waals surface area contributed by atoms with E-state index in [0.29, 0.717) is 0 Å². The lowest BCUT2D eigenvalue weighted by molar-refractivity contribution is 0.464. The molecule has 12 heavy (non-hydrogen) atoms. The van der Waals surface area contributed by atoms with E-state index in [9.17, 15) is 0 Å². The number of hydrogen-bond donors (Lipinski definition) is 1. The van der Waals surface area contributed by atoms with Crippen molar-refractivity contribution >= 4 is 27.3 Å². The Morgan fingerprint density at radius 1 is 1.42 bits per heavy atom. The molecule has 0 saturated carbocycles. The Kier molecular flexibility index (Phi) is 2.84. The summed E-state index contributed by atoms with van der Waals surface area (Å²) in [5, 5.41) is 5.55. The van der Waals surface area contributed by atoms with Crippen LogP contribution in [-0.2, 0) is 0 Å². The lowest BCUT2D eigenvalue weighted by atomic mass is 9.97. The van der Waals surface area contributed by atoms with E-state index in [-0.39, 0.29) is 0 Å². The van der Waals surface area contributed by atoms with Crippen LogP contribution in [0.2, 0.25) is 0 Å². The van der Waals surface area contributed by atoms with Crippen LogP contribution in [0.3, 0.4) is 0 Å². The molecule has 66 valence electrons. The number of halogens is 1. The Morgan fingerprint density at radius 3 is 2.75 bits per heavy atom. The number of nitrogens with one attached hydrogen (secondary N) is 1. The summed E-state index contributed by atoms with van der Waals surface area (Å²) in [5.74, 6) is 0.792. The van der Waals surface area contributed by atoms with Crippen molar-refractivity contribution in [3.05, 3.63) is 20.8 Å². The van der Waals surface area contributed by atoms with Gasteiger partial charge in [-0.2, -0.15) is 0 Å². The summed E-state index contributed by atoms with van der Waals surface area (Å²) >= 11 is 5.47. The second kappa shape index (κ2) is 3.90. The predicted octanol–water partition coefficient (Wildman–Crippen LogP) is 2.98. The summed E-state index contributed by atoms with van der Waals surface area (Å²) in [7, 11) is 0. The highest BCUT2D eigenvalue weighted by Crippen LogP contribution is 2.35. The molecular weight excluding hydrogens is 234 g/mol. The SMILES string of the molecule is Brc1ccsc1C1CCNCC1. The Hall–Kier alpha value is 0.140. The van der Waals surface area contributed by atoms with Gasteiger partial charge in [-0.3, -0.25) is 0 Å². The van der Waals surface area contributed by atoms with Crippen LogP contribution in [0, 0.1) is 0 Å². The molecule has 1 saturated heterocycles. The van der Waals surface area contributed by atoms with Gasteiger partial charge < -0.3 is 5.32 Å². The Balaban J connectivity index is 2.13. The Labute approximate surface area is 85.3 Å². The molecule has 1 fully saturated rings. The lowest BCUT2D eigenvalue weighted by Crippen LogP contribution is -2.26. The van der Waals surface area contributed by atoms with Crippen LogP contribution >= 0.6 is 27.3 Å². The molecule has 2 rings (SSSR count). The standard InChI is InChI=1S/C9H12BrNS/c10-8-3-6-12-9(8)7-1-4-11-5-2-7/h3,6-7,11H,1-2,4-5H2. The minimum Gasteiger partial charge on any atom is -0.317 e. The van der Waals surface area contributed by atoms with Gasteiger partial charge in [0.25, 0.3) is 0 Å². The van der Waals surface area contributed by atoms with E-state index >= 15 is 0 Å². The number of hydrogen-bond acceptors (Lipinski definition) is 2. The highest BCUT2D eigenvalue weighted by Gasteiger charge is 2.18. The van der Waals surface area contributed by atoms with E-state index in [1.54, 1.807) is 0 Å². The maximum atomic E-state index is 3.59. The quantitative estimate of drug-likeness (QED) is 0.803. The van der Waals surface area contributed by atoms with Gasteiger partial charge in [-0.05, 0) is 59.2 Å². The summed E-state index contributed by atoms with van der Waals surface area (Å²) in [4.78, 5) is 1.54.